The standard InChI is InChI=1S/C16H25N3O2/c1-13-10-18(11-14-6-4-3-5-7-14)8-9-19(13)16(20)15(17)12-21-2/h3-7,13,15H,8-12,17H2,1-2H3. The van der Waals surface area contributed by atoms with Gasteiger partial charge in [-0.2, -0.15) is 0 Å². The van der Waals surface area contributed by atoms with Crippen molar-refractivity contribution in [2.24, 2.45) is 5.73 Å². The van der Waals surface area contributed by atoms with Crippen LogP contribution in [0.4, 0.5) is 0 Å². The number of nitrogens with two attached hydrogens (primary N) is 1. The summed E-state index contributed by atoms with van der Waals surface area (Å²) in [5.41, 5.74) is 7.16. The van der Waals surface area contributed by atoms with Crippen LogP contribution in [0.3, 0.4) is 0 Å². The molecule has 5 heteroatoms. The smallest absolute Gasteiger partial charge is 0.242 e. The molecule has 2 N–H and O–H groups in total. The van der Waals surface area contributed by atoms with E-state index in [0.717, 1.165) is 26.2 Å². The molecule has 0 aliphatic carbocycles. The number of nitrogens with zero attached hydrogens (tertiary/aromatic N) is 2. The SMILES string of the molecule is COCC(N)C(=O)N1CCN(Cc2ccccc2)CC1C. The molecule has 2 rings (SSSR count). The summed E-state index contributed by atoms with van der Waals surface area (Å²) >= 11 is 0. The Morgan fingerprint density at radius 1 is 1.38 bits per heavy atom. The number of benzene rings is 1. The van der Waals surface area contributed by atoms with E-state index in [1.807, 2.05) is 11.0 Å². The molecule has 1 heterocycles. The van der Waals surface area contributed by atoms with Gasteiger partial charge in [-0.25, -0.2) is 0 Å². The van der Waals surface area contributed by atoms with Gasteiger partial charge in [-0.1, -0.05) is 30.3 Å². The monoisotopic (exact) mass is 291 g/mol. The van der Waals surface area contributed by atoms with E-state index in [1.54, 1.807) is 7.11 Å². The molecule has 1 amide bonds. The lowest BCUT2D eigenvalue weighted by atomic mass is 10.1. The van der Waals surface area contributed by atoms with Gasteiger partial charge in [0.05, 0.1) is 6.61 Å². The van der Waals surface area contributed by atoms with Crippen molar-refractivity contribution in [3.8, 4) is 0 Å². The fraction of sp³-hybridized carbons (Fsp3) is 0.562. The third-order valence-electron chi connectivity index (χ3n) is 3.91. The van der Waals surface area contributed by atoms with Crippen molar-refractivity contribution in [3.05, 3.63) is 35.9 Å². The highest BCUT2D eigenvalue weighted by Crippen LogP contribution is 2.14. The van der Waals surface area contributed by atoms with E-state index in [0.29, 0.717) is 0 Å². The largest absolute Gasteiger partial charge is 0.383 e. The third kappa shape index (κ3) is 4.27. The molecule has 116 valence electrons. The van der Waals surface area contributed by atoms with Crippen LogP contribution < -0.4 is 5.73 Å². The maximum absolute atomic E-state index is 12.3. The van der Waals surface area contributed by atoms with Crippen LogP contribution in [0, 0.1) is 0 Å². The molecule has 0 saturated carbocycles. The summed E-state index contributed by atoms with van der Waals surface area (Å²) in [5.74, 6) is -0.0105. The molecule has 0 spiro atoms. The second kappa shape index (κ2) is 7.54. The summed E-state index contributed by atoms with van der Waals surface area (Å²) in [5, 5.41) is 0. The topological polar surface area (TPSA) is 58.8 Å². The minimum atomic E-state index is -0.557. The normalized spacial score (nSPS) is 21.3. The van der Waals surface area contributed by atoms with Crippen molar-refractivity contribution in [1.29, 1.82) is 0 Å². The molecule has 2 atom stereocenters. The number of carbonyl (C=O) groups excluding carboxylic acids is 1. The van der Waals surface area contributed by atoms with E-state index >= 15 is 0 Å². The molecule has 0 radical (unpaired) electrons. The van der Waals surface area contributed by atoms with Gasteiger partial charge >= 0.3 is 0 Å². The molecule has 2 unspecified atom stereocenters. The molecule has 0 bridgehead atoms. The molecule has 1 aromatic carbocycles. The maximum Gasteiger partial charge on any atom is 0.242 e. The molecule has 1 saturated heterocycles. The van der Waals surface area contributed by atoms with Gasteiger partial charge in [-0.15, -0.1) is 0 Å². The van der Waals surface area contributed by atoms with E-state index in [4.69, 9.17) is 10.5 Å². The summed E-state index contributed by atoms with van der Waals surface area (Å²) in [6.45, 7) is 5.76. The Balaban J connectivity index is 1.88. The number of rotatable bonds is 5. The van der Waals surface area contributed by atoms with E-state index in [-0.39, 0.29) is 18.6 Å². The summed E-state index contributed by atoms with van der Waals surface area (Å²) in [7, 11) is 1.56. The molecule has 5 nitrogen and oxygen atoms in total. The third-order valence-corrected chi connectivity index (χ3v) is 3.91. The zero-order chi connectivity index (χ0) is 15.2. The highest BCUT2D eigenvalue weighted by Gasteiger charge is 2.30. The first kappa shape index (κ1) is 15.9. The quantitative estimate of drug-likeness (QED) is 0.867. The number of ether oxygens (including phenoxy) is 1. The lowest BCUT2D eigenvalue weighted by molar-refractivity contribution is -0.138. The average molecular weight is 291 g/mol. The van der Waals surface area contributed by atoms with Crippen LogP contribution in [0.5, 0.6) is 0 Å². The number of piperazine rings is 1. The van der Waals surface area contributed by atoms with Crippen molar-refractivity contribution in [1.82, 2.24) is 9.80 Å². The van der Waals surface area contributed by atoms with Crippen molar-refractivity contribution in [2.45, 2.75) is 25.6 Å². The lowest BCUT2D eigenvalue weighted by Gasteiger charge is -2.40. The molecule has 1 aliphatic heterocycles. The van der Waals surface area contributed by atoms with Crippen molar-refractivity contribution >= 4 is 5.91 Å². The van der Waals surface area contributed by atoms with Crippen molar-refractivity contribution in [2.75, 3.05) is 33.4 Å². The number of methoxy groups -OCH3 is 1. The predicted molar refractivity (Wildman–Crippen MR) is 82.7 cm³/mol. The molecule has 21 heavy (non-hydrogen) atoms. The van der Waals surface area contributed by atoms with Crippen LogP contribution in [0.2, 0.25) is 0 Å². The molecule has 1 aliphatic rings. The first-order valence-electron chi connectivity index (χ1n) is 7.43. The van der Waals surface area contributed by atoms with Crippen LogP contribution in [0.15, 0.2) is 30.3 Å². The Bertz CT molecular complexity index is 452. The fourth-order valence-electron chi connectivity index (χ4n) is 2.81. The zero-order valence-electron chi connectivity index (χ0n) is 12.9. The summed E-state index contributed by atoms with van der Waals surface area (Å²) in [6.07, 6.45) is 0. The lowest BCUT2D eigenvalue weighted by Crippen LogP contribution is -2.58. The highest BCUT2D eigenvalue weighted by atomic mass is 16.5. The van der Waals surface area contributed by atoms with Gasteiger partial charge < -0.3 is 15.4 Å². The molecular weight excluding hydrogens is 266 g/mol. The van der Waals surface area contributed by atoms with Crippen LogP contribution in [-0.2, 0) is 16.1 Å². The summed E-state index contributed by atoms with van der Waals surface area (Å²) < 4.78 is 4.97. The Morgan fingerprint density at radius 3 is 2.71 bits per heavy atom. The van der Waals surface area contributed by atoms with Crippen LogP contribution in [0.25, 0.3) is 0 Å². The number of amides is 1. The van der Waals surface area contributed by atoms with Gasteiger partial charge in [-0.3, -0.25) is 9.69 Å². The first-order chi connectivity index (χ1) is 10.1. The van der Waals surface area contributed by atoms with Crippen LogP contribution in [0.1, 0.15) is 12.5 Å². The van der Waals surface area contributed by atoms with Crippen molar-refractivity contribution in [3.63, 3.8) is 0 Å². The summed E-state index contributed by atoms with van der Waals surface area (Å²) in [4.78, 5) is 16.5. The highest BCUT2D eigenvalue weighted by molar-refractivity contribution is 5.82. The van der Waals surface area contributed by atoms with E-state index < -0.39 is 6.04 Å². The number of hydrogen-bond donors (Lipinski definition) is 1. The number of hydrogen-bond acceptors (Lipinski definition) is 4. The van der Waals surface area contributed by atoms with Crippen LogP contribution in [-0.4, -0.2) is 61.1 Å². The Hall–Kier alpha value is -1.43. The molecule has 1 fully saturated rings. The minimum Gasteiger partial charge on any atom is -0.383 e. The van der Waals surface area contributed by atoms with Gasteiger partial charge in [0.1, 0.15) is 6.04 Å². The number of carbonyl (C=O) groups is 1. The fourth-order valence-corrected chi connectivity index (χ4v) is 2.81. The van der Waals surface area contributed by atoms with Gasteiger partial charge in [-0.05, 0) is 12.5 Å². The summed E-state index contributed by atoms with van der Waals surface area (Å²) in [6, 6.07) is 10.0. The van der Waals surface area contributed by atoms with E-state index in [9.17, 15) is 4.79 Å². The van der Waals surface area contributed by atoms with Crippen molar-refractivity contribution < 1.29 is 9.53 Å². The predicted octanol–water partition coefficient (Wildman–Crippen LogP) is 0.693. The molecule has 0 aromatic heterocycles. The maximum atomic E-state index is 12.3. The Kier molecular flexibility index (Phi) is 5.73. The Labute approximate surface area is 126 Å². The average Bonchev–Trinajstić information content (AvgIpc) is 2.48. The molecular formula is C16H25N3O2. The first-order valence-corrected chi connectivity index (χ1v) is 7.43. The van der Waals surface area contributed by atoms with Gasteiger partial charge in [0.25, 0.3) is 0 Å². The van der Waals surface area contributed by atoms with Gasteiger partial charge in [0.15, 0.2) is 0 Å². The van der Waals surface area contributed by atoms with Crippen LogP contribution >= 0.6 is 0 Å². The van der Waals surface area contributed by atoms with Gasteiger partial charge in [0.2, 0.25) is 5.91 Å². The Morgan fingerprint density at radius 2 is 2.10 bits per heavy atom. The van der Waals surface area contributed by atoms with E-state index in [1.165, 1.54) is 5.56 Å². The second-order valence-corrected chi connectivity index (χ2v) is 5.66. The minimum absolute atomic E-state index is 0.0105. The van der Waals surface area contributed by atoms with Gasteiger partial charge in [0, 0.05) is 39.3 Å². The van der Waals surface area contributed by atoms with E-state index in [2.05, 4.69) is 36.1 Å². The second-order valence-electron chi connectivity index (χ2n) is 5.66. The molecule has 1 aromatic rings. The zero-order valence-corrected chi connectivity index (χ0v) is 12.9.